The Hall–Kier alpha value is -2.30. The maximum Gasteiger partial charge on any atom is 0.317 e. The summed E-state index contributed by atoms with van der Waals surface area (Å²) in [6, 6.07) is 10.4. The average molecular weight is 326 g/mol. The maximum absolute atomic E-state index is 12.7. The Balaban J connectivity index is 1.53. The molecule has 0 bridgehead atoms. The number of nitrogens with one attached hydrogen (secondary N) is 1. The molecule has 1 aromatic heterocycles. The molecule has 0 spiro atoms. The van der Waals surface area contributed by atoms with Crippen molar-refractivity contribution in [1.29, 1.82) is 0 Å². The van der Waals surface area contributed by atoms with Gasteiger partial charge in [-0.3, -0.25) is 0 Å². The predicted octanol–water partition coefficient (Wildman–Crippen LogP) is 3.46. The smallest absolute Gasteiger partial charge is 0.317 e. The summed E-state index contributed by atoms with van der Waals surface area (Å²) in [5.41, 5.74) is 1.19. The molecule has 1 aliphatic rings. The van der Waals surface area contributed by atoms with Gasteiger partial charge in [0.1, 0.15) is 0 Å². The number of carbonyl (C=O) groups is 1. The van der Waals surface area contributed by atoms with Gasteiger partial charge in [0.05, 0.1) is 12.4 Å². The molecule has 1 atom stereocenters. The average Bonchev–Trinajstić information content (AvgIpc) is 3.29. The Morgan fingerprint density at radius 3 is 2.83 bits per heavy atom. The summed E-state index contributed by atoms with van der Waals surface area (Å²) >= 11 is 0. The molecule has 5 nitrogen and oxygen atoms in total. The number of hydrogen-bond acceptors (Lipinski definition) is 2. The molecule has 24 heavy (non-hydrogen) atoms. The van der Waals surface area contributed by atoms with E-state index in [-0.39, 0.29) is 12.1 Å². The fraction of sp³-hybridized carbons (Fsp3) is 0.474. The zero-order chi connectivity index (χ0) is 16.8. The lowest BCUT2D eigenvalue weighted by Crippen LogP contribution is -2.43. The topological polar surface area (TPSA) is 50.2 Å². The van der Waals surface area contributed by atoms with Gasteiger partial charge in [0.15, 0.2) is 0 Å². The first kappa shape index (κ1) is 16.6. The number of rotatable bonds is 8. The number of imidazole rings is 1. The Kier molecular flexibility index (Phi) is 5.51. The zero-order valence-electron chi connectivity index (χ0n) is 14.3. The number of nitrogens with zero attached hydrogens (tertiary/aromatic N) is 3. The van der Waals surface area contributed by atoms with Crippen molar-refractivity contribution in [2.75, 3.05) is 13.1 Å². The second kappa shape index (κ2) is 7.99. The Morgan fingerprint density at radius 1 is 1.38 bits per heavy atom. The van der Waals surface area contributed by atoms with Gasteiger partial charge in [-0.1, -0.05) is 30.3 Å². The Morgan fingerprint density at radius 2 is 2.17 bits per heavy atom. The van der Waals surface area contributed by atoms with Crippen molar-refractivity contribution in [2.45, 2.75) is 38.8 Å². The van der Waals surface area contributed by atoms with Crippen molar-refractivity contribution in [3.05, 3.63) is 54.6 Å². The lowest BCUT2D eigenvalue weighted by atomic mass is 10.1. The molecule has 0 saturated heterocycles. The maximum atomic E-state index is 12.7. The van der Waals surface area contributed by atoms with Crippen molar-refractivity contribution in [1.82, 2.24) is 19.8 Å². The van der Waals surface area contributed by atoms with Gasteiger partial charge in [0.2, 0.25) is 0 Å². The summed E-state index contributed by atoms with van der Waals surface area (Å²) < 4.78 is 2.03. The van der Waals surface area contributed by atoms with Crippen LogP contribution in [0.4, 0.5) is 4.79 Å². The quantitative estimate of drug-likeness (QED) is 0.755. The third-order valence-corrected chi connectivity index (χ3v) is 4.59. The van der Waals surface area contributed by atoms with Crippen LogP contribution in [0.15, 0.2) is 49.1 Å². The van der Waals surface area contributed by atoms with Crippen LogP contribution in [0, 0.1) is 5.92 Å². The highest BCUT2D eigenvalue weighted by Gasteiger charge is 2.29. The van der Waals surface area contributed by atoms with Crippen molar-refractivity contribution in [2.24, 2.45) is 5.92 Å². The van der Waals surface area contributed by atoms with Gasteiger partial charge in [-0.25, -0.2) is 9.78 Å². The monoisotopic (exact) mass is 326 g/mol. The molecule has 0 aliphatic heterocycles. The number of urea groups is 1. The van der Waals surface area contributed by atoms with E-state index in [9.17, 15) is 4.79 Å². The van der Waals surface area contributed by atoms with E-state index < -0.39 is 0 Å². The normalized spacial score (nSPS) is 15.0. The molecule has 1 saturated carbocycles. The van der Waals surface area contributed by atoms with Gasteiger partial charge in [-0.15, -0.1) is 0 Å². The second-order valence-corrected chi connectivity index (χ2v) is 6.57. The molecule has 1 aromatic carbocycles. The van der Waals surface area contributed by atoms with Gasteiger partial charge in [-0.2, -0.15) is 0 Å². The van der Waals surface area contributed by atoms with Crippen molar-refractivity contribution >= 4 is 6.03 Å². The summed E-state index contributed by atoms with van der Waals surface area (Å²) in [6.07, 6.45) is 8.91. The van der Waals surface area contributed by atoms with Gasteiger partial charge >= 0.3 is 6.03 Å². The molecule has 2 amide bonds. The van der Waals surface area contributed by atoms with Gasteiger partial charge in [0.25, 0.3) is 0 Å². The van der Waals surface area contributed by atoms with E-state index >= 15 is 0 Å². The fourth-order valence-electron chi connectivity index (χ4n) is 2.88. The first-order valence-electron chi connectivity index (χ1n) is 8.79. The summed E-state index contributed by atoms with van der Waals surface area (Å²) in [6.45, 7) is 4.52. The molecule has 1 aliphatic carbocycles. The van der Waals surface area contributed by atoms with E-state index in [2.05, 4.69) is 29.4 Å². The minimum Gasteiger partial charge on any atom is -0.338 e. The molecule has 0 unspecified atom stereocenters. The highest BCUT2D eigenvalue weighted by Crippen LogP contribution is 2.32. The Labute approximate surface area is 143 Å². The second-order valence-electron chi connectivity index (χ2n) is 6.57. The van der Waals surface area contributed by atoms with Crippen LogP contribution in [0.5, 0.6) is 0 Å². The van der Waals surface area contributed by atoms with Crippen LogP contribution < -0.4 is 5.32 Å². The van der Waals surface area contributed by atoms with Gasteiger partial charge < -0.3 is 14.8 Å². The Bertz CT molecular complexity index is 622. The van der Waals surface area contributed by atoms with Crippen LogP contribution in [-0.4, -0.2) is 33.6 Å². The van der Waals surface area contributed by atoms with Crippen LogP contribution in [0.25, 0.3) is 0 Å². The molecule has 1 N–H and O–H groups in total. The first-order chi connectivity index (χ1) is 11.7. The van der Waals surface area contributed by atoms with Crippen LogP contribution in [0.2, 0.25) is 0 Å². The van der Waals surface area contributed by atoms with Crippen molar-refractivity contribution < 1.29 is 4.79 Å². The standard InChI is InChI=1S/C19H26N4O/c1-16(18-6-3-2-4-7-18)23(14-17-8-9-17)19(24)21-10-5-12-22-13-11-20-15-22/h2-4,6-7,11,13,15-17H,5,8-10,12,14H2,1H3,(H,21,24)/t16-/m0/s1. The fourth-order valence-corrected chi connectivity index (χ4v) is 2.88. The summed E-state index contributed by atoms with van der Waals surface area (Å²) in [5, 5.41) is 3.08. The number of amides is 2. The molecular weight excluding hydrogens is 300 g/mol. The van der Waals surface area contributed by atoms with Crippen molar-refractivity contribution in [3.8, 4) is 0 Å². The lowest BCUT2D eigenvalue weighted by molar-refractivity contribution is 0.175. The first-order valence-corrected chi connectivity index (χ1v) is 8.79. The summed E-state index contributed by atoms with van der Waals surface area (Å²) in [7, 11) is 0. The van der Waals surface area contributed by atoms with E-state index in [1.54, 1.807) is 12.5 Å². The highest BCUT2D eigenvalue weighted by molar-refractivity contribution is 5.74. The summed E-state index contributed by atoms with van der Waals surface area (Å²) in [4.78, 5) is 18.7. The molecule has 5 heteroatoms. The molecule has 0 radical (unpaired) electrons. The highest BCUT2D eigenvalue weighted by atomic mass is 16.2. The zero-order valence-corrected chi connectivity index (χ0v) is 14.3. The lowest BCUT2D eigenvalue weighted by Gasteiger charge is -2.30. The van der Waals surface area contributed by atoms with E-state index in [1.807, 2.05) is 33.9 Å². The minimum absolute atomic E-state index is 0.0453. The van der Waals surface area contributed by atoms with E-state index in [0.717, 1.165) is 19.5 Å². The molecule has 1 heterocycles. The number of hydrogen-bond donors (Lipinski definition) is 1. The largest absolute Gasteiger partial charge is 0.338 e. The third kappa shape index (κ3) is 4.60. The van der Waals surface area contributed by atoms with E-state index in [4.69, 9.17) is 0 Å². The van der Waals surface area contributed by atoms with E-state index in [0.29, 0.717) is 12.5 Å². The van der Waals surface area contributed by atoms with Crippen LogP contribution in [0.1, 0.15) is 37.8 Å². The number of benzene rings is 1. The molecule has 2 aromatic rings. The molecule has 1 fully saturated rings. The van der Waals surface area contributed by atoms with Crippen molar-refractivity contribution in [3.63, 3.8) is 0 Å². The van der Waals surface area contributed by atoms with Crippen LogP contribution in [-0.2, 0) is 6.54 Å². The van der Waals surface area contributed by atoms with Gasteiger partial charge in [-0.05, 0) is 37.7 Å². The van der Waals surface area contributed by atoms with Crippen LogP contribution >= 0.6 is 0 Å². The van der Waals surface area contributed by atoms with Crippen LogP contribution in [0.3, 0.4) is 0 Å². The summed E-state index contributed by atoms with van der Waals surface area (Å²) in [5.74, 6) is 0.674. The minimum atomic E-state index is 0.0453. The number of aromatic nitrogens is 2. The SMILES string of the molecule is C[C@@H](c1ccccc1)N(CC1CC1)C(=O)NCCCn1ccnc1. The molecule has 128 valence electrons. The predicted molar refractivity (Wildman–Crippen MR) is 94.5 cm³/mol. The van der Waals surface area contributed by atoms with Gasteiger partial charge in [0, 0.05) is 32.0 Å². The van der Waals surface area contributed by atoms with E-state index in [1.165, 1.54) is 18.4 Å². The third-order valence-electron chi connectivity index (χ3n) is 4.59. The molecule has 3 rings (SSSR count). The number of aryl methyl sites for hydroxylation is 1. The number of carbonyl (C=O) groups excluding carboxylic acids is 1. The molecular formula is C19H26N4O.